The summed E-state index contributed by atoms with van der Waals surface area (Å²) >= 11 is 0. The zero-order chi connectivity index (χ0) is 7.90. The zero-order valence-electron chi connectivity index (χ0n) is 6.68. The molecule has 2 heteroatoms. The Morgan fingerprint density at radius 3 is 2.45 bits per heavy atom. The fourth-order valence-corrected chi connectivity index (χ4v) is 2.58. The van der Waals surface area contributed by atoms with Crippen LogP contribution in [0.15, 0.2) is 0 Å². The predicted octanol–water partition coefficient (Wildman–Crippen LogP) is 2.04. The standard InChI is InChI=1S/C9H14O2/c10-8(11)6-7-2-5-9(7)3-1-4-9/h7H,1-6H2,(H,10,11). The van der Waals surface area contributed by atoms with Gasteiger partial charge in [-0.1, -0.05) is 6.42 Å². The molecule has 0 saturated heterocycles. The van der Waals surface area contributed by atoms with Crippen LogP contribution in [-0.2, 0) is 4.79 Å². The van der Waals surface area contributed by atoms with E-state index in [9.17, 15) is 4.79 Å². The largest absolute Gasteiger partial charge is 0.481 e. The van der Waals surface area contributed by atoms with Gasteiger partial charge in [0.25, 0.3) is 0 Å². The molecule has 11 heavy (non-hydrogen) atoms. The van der Waals surface area contributed by atoms with E-state index in [0.717, 1.165) is 6.42 Å². The lowest BCUT2D eigenvalue weighted by Gasteiger charge is -2.56. The molecule has 1 spiro atoms. The van der Waals surface area contributed by atoms with Crippen molar-refractivity contribution in [2.45, 2.75) is 38.5 Å². The van der Waals surface area contributed by atoms with Crippen molar-refractivity contribution < 1.29 is 9.90 Å². The highest BCUT2D eigenvalue weighted by molar-refractivity contribution is 5.67. The van der Waals surface area contributed by atoms with Crippen molar-refractivity contribution in [1.29, 1.82) is 0 Å². The van der Waals surface area contributed by atoms with E-state index >= 15 is 0 Å². The Morgan fingerprint density at radius 1 is 1.45 bits per heavy atom. The van der Waals surface area contributed by atoms with Gasteiger partial charge in [-0.05, 0) is 37.0 Å². The van der Waals surface area contributed by atoms with Crippen molar-refractivity contribution in [3.05, 3.63) is 0 Å². The van der Waals surface area contributed by atoms with Gasteiger partial charge in [-0.25, -0.2) is 0 Å². The van der Waals surface area contributed by atoms with Crippen molar-refractivity contribution in [2.75, 3.05) is 0 Å². The van der Waals surface area contributed by atoms with Crippen LogP contribution >= 0.6 is 0 Å². The highest BCUT2D eigenvalue weighted by Gasteiger charge is 2.50. The smallest absolute Gasteiger partial charge is 0.303 e. The van der Waals surface area contributed by atoms with Gasteiger partial charge in [0.1, 0.15) is 0 Å². The summed E-state index contributed by atoms with van der Waals surface area (Å²) in [5.41, 5.74) is 0.512. The van der Waals surface area contributed by atoms with Crippen LogP contribution in [0, 0.1) is 11.3 Å². The Morgan fingerprint density at radius 2 is 2.18 bits per heavy atom. The van der Waals surface area contributed by atoms with E-state index in [2.05, 4.69) is 0 Å². The molecule has 0 radical (unpaired) electrons. The third-order valence-electron chi connectivity index (χ3n) is 3.63. The number of carbonyl (C=O) groups is 1. The van der Waals surface area contributed by atoms with Crippen molar-refractivity contribution in [3.63, 3.8) is 0 Å². The lowest BCUT2D eigenvalue weighted by molar-refractivity contribution is -0.144. The van der Waals surface area contributed by atoms with Crippen LogP contribution in [-0.4, -0.2) is 11.1 Å². The minimum absolute atomic E-state index is 0.417. The fraction of sp³-hybridized carbons (Fsp3) is 0.889. The van der Waals surface area contributed by atoms with Crippen LogP contribution in [0.4, 0.5) is 0 Å². The Kier molecular flexibility index (Phi) is 1.44. The highest BCUT2D eigenvalue weighted by atomic mass is 16.4. The Balaban J connectivity index is 1.90. The van der Waals surface area contributed by atoms with E-state index in [0.29, 0.717) is 17.8 Å². The van der Waals surface area contributed by atoms with E-state index in [1.807, 2.05) is 0 Å². The van der Waals surface area contributed by atoms with Gasteiger partial charge in [0, 0.05) is 6.42 Å². The minimum Gasteiger partial charge on any atom is -0.481 e. The van der Waals surface area contributed by atoms with E-state index in [1.54, 1.807) is 0 Å². The molecule has 2 rings (SSSR count). The molecule has 2 nitrogen and oxygen atoms in total. The molecule has 1 unspecified atom stereocenters. The summed E-state index contributed by atoms with van der Waals surface area (Å²) in [6.07, 6.45) is 6.79. The van der Waals surface area contributed by atoms with Gasteiger partial charge in [-0.15, -0.1) is 0 Å². The van der Waals surface area contributed by atoms with Crippen LogP contribution in [0.3, 0.4) is 0 Å². The lowest BCUT2D eigenvalue weighted by atomic mass is 9.49. The van der Waals surface area contributed by atoms with Crippen molar-refractivity contribution in [2.24, 2.45) is 11.3 Å². The van der Waals surface area contributed by atoms with Gasteiger partial charge in [-0.3, -0.25) is 4.79 Å². The molecule has 0 heterocycles. The van der Waals surface area contributed by atoms with E-state index in [4.69, 9.17) is 5.11 Å². The average molecular weight is 154 g/mol. The molecule has 2 saturated carbocycles. The van der Waals surface area contributed by atoms with Crippen molar-refractivity contribution >= 4 is 5.97 Å². The highest BCUT2D eigenvalue weighted by Crippen LogP contribution is 2.60. The summed E-state index contributed by atoms with van der Waals surface area (Å²) < 4.78 is 0. The maximum Gasteiger partial charge on any atom is 0.303 e. The molecule has 0 aliphatic heterocycles. The average Bonchev–Trinajstić information content (AvgIpc) is 1.76. The Hall–Kier alpha value is -0.530. The molecule has 0 bridgehead atoms. The first-order chi connectivity index (χ1) is 5.23. The zero-order valence-corrected chi connectivity index (χ0v) is 6.68. The molecule has 0 aromatic rings. The van der Waals surface area contributed by atoms with Crippen molar-refractivity contribution in [1.82, 2.24) is 0 Å². The predicted molar refractivity (Wildman–Crippen MR) is 41.3 cm³/mol. The topological polar surface area (TPSA) is 37.3 Å². The fourth-order valence-electron chi connectivity index (χ4n) is 2.58. The molecule has 2 fully saturated rings. The summed E-state index contributed by atoms with van der Waals surface area (Å²) in [5.74, 6) is -0.0882. The summed E-state index contributed by atoms with van der Waals surface area (Å²) in [6.45, 7) is 0. The van der Waals surface area contributed by atoms with Crippen LogP contribution in [0.1, 0.15) is 38.5 Å². The summed E-state index contributed by atoms with van der Waals surface area (Å²) in [7, 11) is 0. The molecular weight excluding hydrogens is 140 g/mol. The Bertz CT molecular complexity index is 176. The molecule has 1 atom stereocenters. The summed E-state index contributed by atoms with van der Waals surface area (Å²) in [5, 5.41) is 8.60. The van der Waals surface area contributed by atoms with Gasteiger partial charge in [-0.2, -0.15) is 0 Å². The molecule has 0 amide bonds. The monoisotopic (exact) mass is 154 g/mol. The van der Waals surface area contributed by atoms with Crippen LogP contribution in [0.2, 0.25) is 0 Å². The van der Waals surface area contributed by atoms with Crippen LogP contribution < -0.4 is 0 Å². The lowest BCUT2D eigenvalue weighted by Crippen LogP contribution is -2.46. The van der Waals surface area contributed by atoms with E-state index in [-0.39, 0.29) is 0 Å². The number of carboxylic acids is 1. The van der Waals surface area contributed by atoms with Gasteiger partial charge in [0.2, 0.25) is 0 Å². The maximum absolute atomic E-state index is 10.4. The number of carboxylic acid groups (broad SMARTS) is 1. The van der Waals surface area contributed by atoms with Crippen LogP contribution in [0.5, 0.6) is 0 Å². The normalized spacial score (nSPS) is 32.5. The van der Waals surface area contributed by atoms with Crippen LogP contribution in [0.25, 0.3) is 0 Å². The molecule has 0 aromatic heterocycles. The van der Waals surface area contributed by atoms with Gasteiger partial charge in [0.15, 0.2) is 0 Å². The minimum atomic E-state index is -0.610. The first-order valence-corrected chi connectivity index (χ1v) is 4.45. The number of rotatable bonds is 2. The second-order valence-corrected chi connectivity index (χ2v) is 4.05. The molecule has 1 N–H and O–H groups in total. The van der Waals surface area contributed by atoms with Gasteiger partial charge in [0.05, 0.1) is 0 Å². The number of hydrogen-bond donors (Lipinski definition) is 1. The third-order valence-corrected chi connectivity index (χ3v) is 3.63. The summed E-state index contributed by atoms with van der Waals surface area (Å²) in [4.78, 5) is 10.4. The SMILES string of the molecule is O=C(O)CC1CCC12CCC2. The second-order valence-electron chi connectivity index (χ2n) is 4.05. The van der Waals surface area contributed by atoms with Crippen molar-refractivity contribution in [3.8, 4) is 0 Å². The third kappa shape index (κ3) is 0.959. The summed E-state index contributed by atoms with van der Waals surface area (Å²) in [6, 6.07) is 0. The van der Waals surface area contributed by atoms with E-state index in [1.165, 1.54) is 25.7 Å². The first kappa shape index (κ1) is 7.14. The molecule has 62 valence electrons. The molecule has 2 aliphatic rings. The number of aliphatic carboxylic acids is 1. The molecular formula is C9H14O2. The molecule has 2 aliphatic carbocycles. The Labute approximate surface area is 66.6 Å². The second kappa shape index (κ2) is 2.23. The molecule has 0 aromatic carbocycles. The first-order valence-electron chi connectivity index (χ1n) is 4.45. The quantitative estimate of drug-likeness (QED) is 0.660. The van der Waals surface area contributed by atoms with Gasteiger partial charge >= 0.3 is 5.97 Å². The maximum atomic E-state index is 10.4. The number of hydrogen-bond acceptors (Lipinski definition) is 1. The van der Waals surface area contributed by atoms with E-state index < -0.39 is 5.97 Å². The van der Waals surface area contributed by atoms with Gasteiger partial charge < -0.3 is 5.11 Å².